The van der Waals surface area contributed by atoms with Gasteiger partial charge >= 0.3 is 5.97 Å². The van der Waals surface area contributed by atoms with Crippen LogP contribution in [0.5, 0.6) is 0 Å². The molecule has 6 heteroatoms. The minimum Gasteiger partial charge on any atom is -0.462 e. The first-order valence-corrected chi connectivity index (χ1v) is 8.82. The molecule has 0 bridgehead atoms. The summed E-state index contributed by atoms with van der Waals surface area (Å²) in [5.41, 5.74) is 1.40. The van der Waals surface area contributed by atoms with E-state index in [4.69, 9.17) is 4.74 Å². The fourth-order valence-corrected chi connectivity index (χ4v) is 3.31. The van der Waals surface area contributed by atoms with Crippen LogP contribution in [-0.2, 0) is 4.74 Å². The van der Waals surface area contributed by atoms with Crippen molar-refractivity contribution in [2.75, 3.05) is 18.2 Å². The molecule has 0 spiro atoms. The van der Waals surface area contributed by atoms with Crippen LogP contribution in [0.1, 0.15) is 32.5 Å². The van der Waals surface area contributed by atoms with E-state index >= 15 is 0 Å². The first-order valence-electron chi connectivity index (χ1n) is 6.78. The van der Waals surface area contributed by atoms with E-state index in [1.165, 1.54) is 11.3 Å². The number of thiophene rings is 1. The number of hydrogen-bond acceptors (Lipinski definition) is 5. The molecule has 0 aliphatic carbocycles. The van der Waals surface area contributed by atoms with Gasteiger partial charge in [0.15, 0.2) is 0 Å². The lowest BCUT2D eigenvalue weighted by molar-refractivity contribution is 0.0531. The Kier molecular flexibility index (Phi) is 5.63. The monoisotopic (exact) mass is 335 g/mol. The number of anilines is 1. The van der Waals surface area contributed by atoms with Gasteiger partial charge < -0.3 is 10.1 Å². The van der Waals surface area contributed by atoms with Gasteiger partial charge in [0.25, 0.3) is 5.91 Å². The fraction of sp³-hybridized carbons (Fsp3) is 0.250. The Morgan fingerprint density at radius 1 is 1.32 bits per heavy atom. The maximum Gasteiger partial charge on any atom is 0.348 e. The van der Waals surface area contributed by atoms with Crippen molar-refractivity contribution in [1.82, 2.24) is 0 Å². The molecule has 1 heterocycles. The first-order chi connectivity index (χ1) is 10.5. The van der Waals surface area contributed by atoms with E-state index in [1.54, 1.807) is 30.8 Å². The lowest BCUT2D eigenvalue weighted by atomic mass is 10.2. The second-order valence-electron chi connectivity index (χ2n) is 4.53. The minimum absolute atomic E-state index is 0.187. The summed E-state index contributed by atoms with van der Waals surface area (Å²) in [4.78, 5) is 25.6. The molecule has 116 valence electrons. The van der Waals surface area contributed by atoms with Gasteiger partial charge in [-0.05, 0) is 49.9 Å². The average Bonchev–Trinajstić information content (AvgIpc) is 2.88. The molecule has 0 aliphatic heterocycles. The largest absolute Gasteiger partial charge is 0.462 e. The van der Waals surface area contributed by atoms with Crippen molar-refractivity contribution in [1.29, 1.82) is 0 Å². The molecule has 0 radical (unpaired) electrons. The Labute approximate surface area is 137 Å². The predicted molar refractivity (Wildman–Crippen MR) is 91.2 cm³/mol. The topological polar surface area (TPSA) is 55.4 Å². The zero-order valence-corrected chi connectivity index (χ0v) is 14.3. The normalized spacial score (nSPS) is 10.3. The standard InChI is InChI=1S/C16H17NO3S2/c1-4-20-16(19)14-10(2)8-13(22-14)17-15(18)11-6-5-7-12(9-11)21-3/h5-9H,4H2,1-3H3,(H,17,18). The number of carbonyl (C=O) groups excluding carboxylic acids is 2. The Bertz CT molecular complexity index is 694. The molecular weight excluding hydrogens is 318 g/mol. The van der Waals surface area contributed by atoms with Crippen LogP contribution in [0, 0.1) is 6.92 Å². The fourth-order valence-electron chi connectivity index (χ4n) is 1.89. The van der Waals surface area contributed by atoms with E-state index < -0.39 is 0 Å². The highest BCUT2D eigenvalue weighted by atomic mass is 32.2. The van der Waals surface area contributed by atoms with Crippen molar-refractivity contribution < 1.29 is 14.3 Å². The lowest BCUT2D eigenvalue weighted by Crippen LogP contribution is -2.10. The van der Waals surface area contributed by atoms with Gasteiger partial charge in [0.05, 0.1) is 11.6 Å². The number of aryl methyl sites for hydroxylation is 1. The molecule has 0 aliphatic rings. The third kappa shape index (κ3) is 3.90. The molecule has 1 N–H and O–H groups in total. The van der Waals surface area contributed by atoms with E-state index in [1.807, 2.05) is 31.4 Å². The second kappa shape index (κ2) is 7.47. The van der Waals surface area contributed by atoms with Crippen molar-refractivity contribution in [3.05, 3.63) is 46.3 Å². The van der Waals surface area contributed by atoms with Gasteiger partial charge in [0, 0.05) is 10.5 Å². The van der Waals surface area contributed by atoms with Gasteiger partial charge in [-0.1, -0.05) is 6.07 Å². The number of amides is 1. The SMILES string of the molecule is CCOC(=O)c1sc(NC(=O)c2cccc(SC)c2)cc1C. The quantitative estimate of drug-likeness (QED) is 0.657. The van der Waals surface area contributed by atoms with Crippen molar-refractivity contribution in [2.45, 2.75) is 18.7 Å². The van der Waals surface area contributed by atoms with Crippen LogP contribution in [0.15, 0.2) is 35.2 Å². The first kappa shape index (κ1) is 16.6. The van der Waals surface area contributed by atoms with Gasteiger partial charge in [0.2, 0.25) is 0 Å². The van der Waals surface area contributed by atoms with Crippen molar-refractivity contribution in [3.63, 3.8) is 0 Å². The summed E-state index contributed by atoms with van der Waals surface area (Å²) in [6.07, 6.45) is 1.96. The molecule has 22 heavy (non-hydrogen) atoms. The summed E-state index contributed by atoms with van der Waals surface area (Å²) in [7, 11) is 0. The molecule has 2 aromatic rings. The summed E-state index contributed by atoms with van der Waals surface area (Å²) in [6.45, 7) is 3.92. The van der Waals surface area contributed by atoms with Gasteiger partial charge in [-0.25, -0.2) is 4.79 Å². The highest BCUT2D eigenvalue weighted by Crippen LogP contribution is 2.28. The molecule has 4 nitrogen and oxygen atoms in total. The molecule has 1 aromatic carbocycles. The predicted octanol–water partition coefficient (Wildman–Crippen LogP) is 4.21. The van der Waals surface area contributed by atoms with Gasteiger partial charge in [-0.3, -0.25) is 4.79 Å². The third-order valence-electron chi connectivity index (χ3n) is 2.95. The van der Waals surface area contributed by atoms with Crippen LogP contribution >= 0.6 is 23.1 Å². The van der Waals surface area contributed by atoms with E-state index in [-0.39, 0.29) is 11.9 Å². The summed E-state index contributed by atoms with van der Waals surface area (Å²) in [5.74, 6) is -0.539. The second-order valence-corrected chi connectivity index (χ2v) is 6.46. The number of esters is 1. The number of benzene rings is 1. The van der Waals surface area contributed by atoms with Gasteiger partial charge in [0.1, 0.15) is 4.88 Å². The van der Waals surface area contributed by atoms with Crippen LogP contribution in [0.4, 0.5) is 5.00 Å². The molecule has 0 fully saturated rings. The average molecular weight is 335 g/mol. The summed E-state index contributed by atoms with van der Waals surface area (Å²) < 4.78 is 5.00. The molecule has 1 aromatic heterocycles. The van der Waals surface area contributed by atoms with Crippen LogP contribution in [0.2, 0.25) is 0 Å². The Balaban J connectivity index is 2.15. The van der Waals surface area contributed by atoms with Crippen LogP contribution in [0.25, 0.3) is 0 Å². The van der Waals surface area contributed by atoms with Gasteiger partial charge in [-0.15, -0.1) is 23.1 Å². The number of nitrogens with one attached hydrogen (secondary N) is 1. The van der Waals surface area contributed by atoms with Crippen LogP contribution in [-0.4, -0.2) is 24.7 Å². The molecule has 0 saturated heterocycles. The zero-order chi connectivity index (χ0) is 16.1. The molecular formula is C16H17NO3S2. The van der Waals surface area contributed by atoms with Crippen LogP contribution in [0.3, 0.4) is 0 Å². The van der Waals surface area contributed by atoms with E-state index in [0.717, 1.165) is 10.5 Å². The summed E-state index contributed by atoms with van der Waals surface area (Å²) in [6, 6.07) is 9.20. The van der Waals surface area contributed by atoms with Crippen molar-refractivity contribution in [3.8, 4) is 0 Å². The zero-order valence-electron chi connectivity index (χ0n) is 12.6. The van der Waals surface area contributed by atoms with E-state index in [2.05, 4.69) is 5.32 Å². The van der Waals surface area contributed by atoms with Gasteiger partial charge in [-0.2, -0.15) is 0 Å². The number of carbonyl (C=O) groups is 2. The maximum absolute atomic E-state index is 12.3. The van der Waals surface area contributed by atoms with Crippen LogP contribution < -0.4 is 5.32 Å². The lowest BCUT2D eigenvalue weighted by Gasteiger charge is -2.04. The Morgan fingerprint density at radius 3 is 2.77 bits per heavy atom. The van der Waals surface area contributed by atoms with E-state index in [9.17, 15) is 9.59 Å². The molecule has 2 rings (SSSR count). The highest BCUT2D eigenvalue weighted by Gasteiger charge is 2.16. The summed E-state index contributed by atoms with van der Waals surface area (Å²) >= 11 is 2.81. The number of hydrogen-bond donors (Lipinski definition) is 1. The smallest absolute Gasteiger partial charge is 0.348 e. The van der Waals surface area contributed by atoms with Crippen molar-refractivity contribution >= 4 is 40.0 Å². The third-order valence-corrected chi connectivity index (χ3v) is 4.81. The summed E-state index contributed by atoms with van der Waals surface area (Å²) in [5, 5.41) is 3.47. The molecule has 0 atom stereocenters. The van der Waals surface area contributed by atoms with E-state index in [0.29, 0.717) is 22.0 Å². The molecule has 0 unspecified atom stereocenters. The Morgan fingerprint density at radius 2 is 2.09 bits per heavy atom. The molecule has 0 saturated carbocycles. The van der Waals surface area contributed by atoms with Crippen molar-refractivity contribution in [2.24, 2.45) is 0 Å². The maximum atomic E-state index is 12.3. The Hall–Kier alpha value is -1.79. The molecule has 1 amide bonds. The number of thioether (sulfide) groups is 1. The number of ether oxygens (including phenoxy) is 1. The number of rotatable bonds is 5. The highest BCUT2D eigenvalue weighted by molar-refractivity contribution is 7.98. The minimum atomic E-state index is -0.352.